The summed E-state index contributed by atoms with van der Waals surface area (Å²) in [4.78, 5) is 0. The van der Waals surface area contributed by atoms with Crippen molar-refractivity contribution in [1.29, 1.82) is 0 Å². The number of hydrogen-bond acceptors (Lipinski definition) is 2. The molecule has 3 heteroatoms. The van der Waals surface area contributed by atoms with Gasteiger partial charge in [-0.05, 0) is 27.7 Å². The highest BCUT2D eigenvalue weighted by atomic mass is 28.3. The number of rotatable bonds is 4. The molecule has 0 bridgehead atoms. The molecule has 0 amide bonds. The molecular weight excluding hydrogens is 192 g/mol. The summed E-state index contributed by atoms with van der Waals surface area (Å²) in [5.41, 5.74) is 0.737. The van der Waals surface area contributed by atoms with Gasteiger partial charge in [0.05, 0.1) is 19.9 Å². The van der Waals surface area contributed by atoms with Crippen LogP contribution in [-0.4, -0.2) is 24.4 Å². The Kier molecular flexibility index (Phi) is 3.99. The summed E-state index contributed by atoms with van der Waals surface area (Å²) >= 11 is 0. The lowest BCUT2D eigenvalue weighted by Gasteiger charge is -2.36. The van der Waals surface area contributed by atoms with Gasteiger partial charge >= 0.3 is 0 Å². The molecule has 0 aromatic heterocycles. The van der Waals surface area contributed by atoms with Gasteiger partial charge < -0.3 is 9.84 Å². The summed E-state index contributed by atoms with van der Waals surface area (Å²) in [5.74, 6) is 0. The Labute approximate surface area is 89.0 Å². The summed E-state index contributed by atoms with van der Waals surface area (Å²) in [6.45, 7) is 14.0. The Morgan fingerprint density at radius 2 is 1.50 bits per heavy atom. The van der Waals surface area contributed by atoms with Crippen molar-refractivity contribution in [3.63, 3.8) is 0 Å². The molecule has 14 heavy (non-hydrogen) atoms. The molecule has 0 heterocycles. The van der Waals surface area contributed by atoms with Crippen molar-refractivity contribution in [3.05, 3.63) is 12.0 Å². The zero-order valence-electron chi connectivity index (χ0n) is 10.5. The molecule has 0 spiro atoms. The predicted molar refractivity (Wildman–Crippen MR) is 63.9 cm³/mol. The second-order valence-corrected chi connectivity index (χ2v) is 10.9. The van der Waals surface area contributed by atoms with Crippen LogP contribution in [0.1, 0.15) is 27.7 Å². The largest absolute Gasteiger partial charge is 0.493 e. The highest BCUT2D eigenvalue weighted by molar-refractivity contribution is 6.80. The average Bonchev–Trinajstić information content (AvgIpc) is 1.80. The highest BCUT2D eigenvalue weighted by Crippen LogP contribution is 2.25. The van der Waals surface area contributed by atoms with Gasteiger partial charge in [0.2, 0.25) is 0 Å². The molecule has 0 aromatic carbocycles. The second-order valence-electron chi connectivity index (χ2n) is 5.86. The van der Waals surface area contributed by atoms with E-state index in [0.29, 0.717) is 0 Å². The Morgan fingerprint density at radius 1 is 1.07 bits per heavy atom. The Morgan fingerprint density at radius 3 is 1.79 bits per heavy atom. The van der Waals surface area contributed by atoms with E-state index >= 15 is 0 Å². The minimum atomic E-state index is -1.20. The van der Waals surface area contributed by atoms with E-state index in [4.69, 9.17) is 4.74 Å². The van der Waals surface area contributed by atoms with Gasteiger partial charge in [-0.3, -0.25) is 0 Å². The van der Waals surface area contributed by atoms with Crippen molar-refractivity contribution < 1.29 is 9.84 Å². The number of aliphatic hydroxyl groups is 1. The van der Waals surface area contributed by atoms with Gasteiger partial charge in [-0.15, -0.1) is 0 Å². The average molecular weight is 216 g/mol. The van der Waals surface area contributed by atoms with E-state index in [2.05, 4.69) is 25.3 Å². The van der Waals surface area contributed by atoms with Crippen LogP contribution >= 0.6 is 0 Å². The van der Waals surface area contributed by atoms with Crippen molar-refractivity contribution in [2.45, 2.75) is 58.5 Å². The molecule has 0 rings (SSSR count). The molecular formula is C11H24O2Si. The molecule has 0 unspecified atom stereocenters. The second kappa shape index (κ2) is 4.07. The van der Waals surface area contributed by atoms with Crippen molar-refractivity contribution in [1.82, 2.24) is 0 Å². The van der Waals surface area contributed by atoms with Gasteiger partial charge in [0, 0.05) is 0 Å². The first-order valence-electron chi connectivity index (χ1n) is 5.04. The third kappa shape index (κ3) is 4.82. The smallest absolute Gasteiger partial charge is 0.130 e. The molecule has 0 atom stereocenters. The first-order valence-corrected chi connectivity index (χ1v) is 8.61. The summed E-state index contributed by atoms with van der Waals surface area (Å²) in [7, 11) is -1.20. The Balaban J connectivity index is 4.34. The lowest BCUT2D eigenvalue weighted by Crippen LogP contribution is -2.46. The first kappa shape index (κ1) is 13.7. The Hall–Kier alpha value is -0.283. The van der Waals surface area contributed by atoms with E-state index in [0.717, 1.165) is 0 Å². The molecule has 0 aliphatic carbocycles. The lowest BCUT2D eigenvalue weighted by atomic mass is 9.90. The van der Waals surface area contributed by atoms with E-state index < -0.39 is 19.3 Å². The van der Waals surface area contributed by atoms with Crippen LogP contribution in [0.4, 0.5) is 0 Å². The van der Waals surface area contributed by atoms with Crippen molar-refractivity contribution in [2.24, 2.45) is 0 Å². The van der Waals surface area contributed by atoms with Gasteiger partial charge in [0.25, 0.3) is 0 Å². The van der Waals surface area contributed by atoms with E-state index in [1.54, 1.807) is 20.1 Å². The van der Waals surface area contributed by atoms with E-state index in [9.17, 15) is 5.11 Å². The van der Waals surface area contributed by atoms with Crippen molar-refractivity contribution in [2.75, 3.05) is 0 Å². The van der Waals surface area contributed by atoms with Crippen molar-refractivity contribution >= 4 is 8.07 Å². The maximum atomic E-state index is 9.83. The maximum Gasteiger partial charge on any atom is 0.130 e. The summed E-state index contributed by atoms with van der Waals surface area (Å²) in [6.07, 6.45) is 1.74. The molecule has 0 fully saturated rings. The third-order valence-corrected chi connectivity index (χ3v) is 3.54. The lowest BCUT2D eigenvalue weighted by molar-refractivity contribution is -0.113. The molecule has 0 saturated heterocycles. The molecule has 2 nitrogen and oxygen atoms in total. The van der Waals surface area contributed by atoms with Crippen LogP contribution in [0.15, 0.2) is 12.0 Å². The molecule has 0 aliphatic rings. The fraction of sp³-hybridized carbons (Fsp3) is 0.818. The van der Waals surface area contributed by atoms with E-state index in [-0.39, 0.29) is 0 Å². The van der Waals surface area contributed by atoms with Crippen LogP contribution in [0.3, 0.4) is 0 Å². The van der Waals surface area contributed by atoms with E-state index in [1.165, 1.54) is 0 Å². The SMILES string of the molecule is CC(C)(O)C(C)(C)OC=C[Si](C)(C)C. The molecule has 0 saturated carbocycles. The zero-order chi connectivity index (χ0) is 11.6. The fourth-order valence-electron chi connectivity index (χ4n) is 0.552. The zero-order valence-corrected chi connectivity index (χ0v) is 11.5. The predicted octanol–water partition coefficient (Wildman–Crippen LogP) is 2.94. The summed E-state index contributed by atoms with van der Waals surface area (Å²) < 4.78 is 5.57. The number of ether oxygens (including phenoxy) is 1. The van der Waals surface area contributed by atoms with Crippen LogP contribution in [0.5, 0.6) is 0 Å². The van der Waals surface area contributed by atoms with Crippen LogP contribution in [0, 0.1) is 0 Å². The third-order valence-electron chi connectivity index (χ3n) is 2.40. The molecule has 0 aliphatic heterocycles. The van der Waals surface area contributed by atoms with Crippen LogP contribution < -0.4 is 0 Å². The standard InChI is InChI=1S/C11H24O2Si/c1-10(2,12)11(3,4)13-8-9-14(5,6)7/h8-9,12H,1-7H3. The Bertz CT molecular complexity index is 206. The molecule has 0 aromatic rings. The summed E-state index contributed by atoms with van der Waals surface area (Å²) in [5, 5.41) is 9.83. The quantitative estimate of drug-likeness (QED) is 0.578. The summed E-state index contributed by atoms with van der Waals surface area (Å²) in [6, 6.07) is 0. The van der Waals surface area contributed by atoms with Gasteiger partial charge in [0.1, 0.15) is 5.60 Å². The van der Waals surface area contributed by atoms with Gasteiger partial charge in [-0.2, -0.15) is 0 Å². The number of hydrogen-bond donors (Lipinski definition) is 1. The fourth-order valence-corrected chi connectivity index (χ4v) is 1.03. The molecule has 0 radical (unpaired) electrons. The van der Waals surface area contributed by atoms with Crippen LogP contribution in [0.25, 0.3) is 0 Å². The molecule has 84 valence electrons. The van der Waals surface area contributed by atoms with E-state index in [1.807, 2.05) is 13.8 Å². The van der Waals surface area contributed by atoms with Crippen LogP contribution in [0.2, 0.25) is 19.6 Å². The normalized spacial score (nSPS) is 14.9. The molecule has 1 N–H and O–H groups in total. The topological polar surface area (TPSA) is 29.5 Å². The van der Waals surface area contributed by atoms with Crippen molar-refractivity contribution in [3.8, 4) is 0 Å². The highest BCUT2D eigenvalue weighted by Gasteiger charge is 2.36. The monoisotopic (exact) mass is 216 g/mol. The maximum absolute atomic E-state index is 9.83. The minimum Gasteiger partial charge on any atom is -0.493 e. The van der Waals surface area contributed by atoms with Gasteiger partial charge in [-0.25, -0.2) is 0 Å². The van der Waals surface area contributed by atoms with Crippen LogP contribution in [-0.2, 0) is 4.74 Å². The van der Waals surface area contributed by atoms with Gasteiger partial charge in [-0.1, -0.05) is 25.3 Å². The van der Waals surface area contributed by atoms with Gasteiger partial charge in [0.15, 0.2) is 0 Å². The first-order chi connectivity index (χ1) is 5.96. The minimum absolute atomic E-state index is 0.552.